The van der Waals surface area contributed by atoms with Crippen LogP contribution in [0.1, 0.15) is 6.42 Å². The summed E-state index contributed by atoms with van der Waals surface area (Å²) in [5, 5.41) is 8.17. The van der Waals surface area contributed by atoms with Gasteiger partial charge in [0, 0.05) is 6.54 Å². The minimum atomic E-state index is -3.78. The second kappa shape index (κ2) is 6.82. The van der Waals surface area contributed by atoms with Gasteiger partial charge in [0.05, 0.1) is 11.3 Å². The normalized spacial score (nSPS) is 10.7. The molecule has 0 heterocycles. The topological polar surface area (TPSA) is 96.3 Å². The van der Waals surface area contributed by atoms with Crippen LogP contribution in [0, 0.1) is 17.1 Å². The molecule has 0 aromatic heterocycles. The molecule has 1 rings (SSSR count). The van der Waals surface area contributed by atoms with Crippen molar-refractivity contribution < 1.29 is 22.3 Å². The molecular weight excluding hydrogens is 275 g/mol. The lowest BCUT2D eigenvalue weighted by Crippen LogP contribution is -2.26. The van der Waals surface area contributed by atoms with E-state index in [-0.39, 0.29) is 24.5 Å². The fourth-order valence-electron chi connectivity index (χ4n) is 1.17. The third-order valence-corrected chi connectivity index (χ3v) is 3.52. The zero-order valence-electron chi connectivity index (χ0n) is 9.80. The number of hydrogen-bond donors (Lipinski definition) is 1. The summed E-state index contributed by atoms with van der Waals surface area (Å²) >= 11 is 0. The van der Waals surface area contributed by atoms with Gasteiger partial charge in [-0.2, -0.15) is 5.26 Å². The first-order chi connectivity index (χ1) is 8.95. The van der Waals surface area contributed by atoms with Crippen LogP contribution >= 0.6 is 0 Å². The Morgan fingerprint density at radius 3 is 2.58 bits per heavy atom. The summed E-state index contributed by atoms with van der Waals surface area (Å²) in [4.78, 5) is 10.9. The third kappa shape index (κ3) is 5.03. The smallest absolute Gasteiger partial charge is 0.308 e. The van der Waals surface area contributed by atoms with E-state index in [2.05, 4.69) is 9.46 Å². The Bertz CT molecular complexity index is 578. The molecule has 0 amide bonds. The van der Waals surface area contributed by atoms with Gasteiger partial charge >= 0.3 is 5.97 Å². The number of nitriles is 1. The SMILES string of the molecule is N#CCOC(=O)CCNS(=O)(=O)c1ccc(F)cc1. The first-order valence-corrected chi connectivity index (χ1v) is 6.72. The van der Waals surface area contributed by atoms with Crippen LogP contribution in [0.25, 0.3) is 0 Å². The number of hydrogen-bond acceptors (Lipinski definition) is 5. The van der Waals surface area contributed by atoms with Crippen molar-refractivity contribution >= 4 is 16.0 Å². The molecule has 102 valence electrons. The van der Waals surface area contributed by atoms with Gasteiger partial charge in [0.1, 0.15) is 11.9 Å². The summed E-state index contributed by atoms with van der Waals surface area (Å²) in [7, 11) is -3.78. The molecule has 1 aromatic rings. The van der Waals surface area contributed by atoms with Crippen molar-refractivity contribution in [2.45, 2.75) is 11.3 Å². The Labute approximate surface area is 109 Å². The number of carbonyl (C=O) groups is 1. The van der Waals surface area contributed by atoms with Crippen LogP contribution in [-0.4, -0.2) is 27.5 Å². The second-order valence-electron chi connectivity index (χ2n) is 3.42. The highest BCUT2D eigenvalue weighted by Crippen LogP contribution is 2.09. The average Bonchev–Trinajstić information content (AvgIpc) is 2.36. The molecular formula is C11H11FN2O4S. The van der Waals surface area contributed by atoms with Gasteiger partial charge in [-0.15, -0.1) is 0 Å². The summed E-state index contributed by atoms with van der Waals surface area (Å²) in [5.74, 6) is -1.22. The molecule has 8 heteroatoms. The molecule has 0 spiro atoms. The number of halogens is 1. The van der Waals surface area contributed by atoms with E-state index in [9.17, 15) is 17.6 Å². The number of sulfonamides is 1. The van der Waals surface area contributed by atoms with E-state index >= 15 is 0 Å². The molecule has 0 bridgehead atoms. The maximum Gasteiger partial charge on any atom is 0.308 e. The van der Waals surface area contributed by atoms with E-state index in [1.807, 2.05) is 0 Å². The van der Waals surface area contributed by atoms with Crippen molar-refractivity contribution in [3.8, 4) is 6.07 Å². The largest absolute Gasteiger partial charge is 0.450 e. The van der Waals surface area contributed by atoms with Crippen LogP contribution in [0.3, 0.4) is 0 Å². The van der Waals surface area contributed by atoms with Crippen LogP contribution < -0.4 is 4.72 Å². The first-order valence-electron chi connectivity index (χ1n) is 5.23. The van der Waals surface area contributed by atoms with Crippen molar-refractivity contribution in [1.29, 1.82) is 5.26 Å². The molecule has 19 heavy (non-hydrogen) atoms. The lowest BCUT2D eigenvalue weighted by atomic mass is 10.4. The quantitative estimate of drug-likeness (QED) is 0.771. The standard InChI is InChI=1S/C11H11FN2O4S/c12-9-1-3-10(4-2-9)19(16,17)14-7-5-11(15)18-8-6-13/h1-4,14H,5,7-8H2. The fraction of sp³-hybridized carbons (Fsp3) is 0.273. The van der Waals surface area contributed by atoms with Gasteiger partial charge in [0.2, 0.25) is 10.0 Å². The molecule has 6 nitrogen and oxygen atoms in total. The van der Waals surface area contributed by atoms with Gasteiger partial charge in [-0.25, -0.2) is 17.5 Å². The van der Waals surface area contributed by atoms with Crippen molar-refractivity contribution in [2.24, 2.45) is 0 Å². The minimum Gasteiger partial charge on any atom is -0.450 e. The number of ether oxygens (including phenoxy) is 1. The molecule has 1 aromatic carbocycles. The van der Waals surface area contributed by atoms with Crippen LogP contribution in [0.4, 0.5) is 4.39 Å². The Balaban J connectivity index is 2.50. The number of nitrogens with one attached hydrogen (secondary N) is 1. The summed E-state index contributed by atoms with van der Waals surface area (Å²) in [6.07, 6.45) is -0.192. The van der Waals surface area contributed by atoms with Gasteiger partial charge in [0.25, 0.3) is 0 Å². The van der Waals surface area contributed by atoms with Crippen molar-refractivity contribution in [3.63, 3.8) is 0 Å². The molecule has 0 radical (unpaired) electrons. The van der Waals surface area contributed by atoms with E-state index in [0.717, 1.165) is 24.3 Å². The average molecular weight is 286 g/mol. The molecule has 0 aliphatic rings. The van der Waals surface area contributed by atoms with Gasteiger partial charge in [-0.3, -0.25) is 4.79 Å². The minimum absolute atomic E-state index is 0.0979. The summed E-state index contributed by atoms with van der Waals surface area (Å²) in [6.45, 7) is -0.534. The molecule has 0 aliphatic carbocycles. The first kappa shape index (κ1) is 15.1. The summed E-state index contributed by atoms with van der Waals surface area (Å²) < 4.78 is 42.7. The van der Waals surface area contributed by atoms with Crippen LogP contribution in [0.2, 0.25) is 0 Å². The molecule has 0 atom stereocenters. The maximum absolute atomic E-state index is 12.6. The second-order valence-corrected chi connectivity index (χ2v) is 5.19. The molecule has 0 unspecified atom stereocenters. The van der Waals surface area contributed by atoms with E-state index in [1.165, 1.54) is 0 Å². The predicted molar refractivity (Wildman–Crippen MR) is 62.8 cm³/mol. The maximum atomic E-state index is 12.6. The Kier molecular flexibility index (Phi) is 5.41. The molecule has 0 aliphatic heterocycles. The summed E-state index contributed by atoms with van der Waals surface area (Å²) in [5.41, 5.74) is 0. The van der Waals surface area contributed by atoms with Crippen LogP contribution in [-0.2, 0) is 19.6 Å². The third-order valence-electron chi connectivity index (χ3n) is 2.04. The number of esters is 1. The van der Waals surface area contributed by atoms with Crippen LogP contribution in [0.15, 0.2) is 29.2 Å². The monoisotopic (exact) mass is 286 g/mol. The van der Waals surface area contributed by atoms with E-state index < -0.39 is 21.8 Å². The Morgan fingerprint density at radius 1 is 1.37 bits per heavy atom. The zero-order chi connectivity index (χ0) is 14.3. The van der Waals surface area contributed by atoms with Gasteiger partial charge in [-0.05, 0) is 24.3 Å². The fourth-order valence-corrected chi connectivity index (χ4v) is 2.20. The molecule has 0 fully saturated rings. The Morgan fingerprint density at radius 2 is 2.00 bits per heavy atom. The van der Waals surface area contributed by atoms with Gasteiger partial charge < -0.3 is 4.74 Å². The number of benzene rings is 1. The van der Waals surface area contributed by atoms with Crippen LogP contribution in [0.5, 0.6) is 0 Å². The molecule has 0 saturated heterocycles. The summed E-state index contributed by atoms with van der Waals surface area (Å²) in [6, 6.07) is 5.90. The predicted octanol–water partition coefficient (Wildman–Crippen LogP) is 0.561. The highest BCUT2D eigenvalue weighted by atomic mass is 32.2. The zero-order valence-corrected chi connectivity index (χ0v) is 10.6. The lowest BCUT2D eigenvalue weighted by molar-refractivity contribution is -0.142. The van der Waals surface area contributed by atoms with Gasteiger partial charge in [0.15, 0.2) is 6.61 Å². The Hall–Kier alpha value is -1.98. The molecule has 0 saturated carbocycles. The van der Waals surface area contributed by atoms with Crippen molar-refractivity contribution in [2.75, 3.05) is 13.2 Å². The van der Waals surface area contributed by atoms with E-state index in [1.54, 1.807) is 6.07 Å². The van der Waals surface area contributed by atoms with Crippen molar-refractivity contribution in [1.82, 2.24) is 4.72 Å². The van der Waals surface area contributed by atoms with E-state index in [0.29, 0.717) is 0 Å². The highest BCUT2D eigenvalue weighted by molar-refractivity contribution is 7.89. The van der Waals surface area contributed by atoms with Crippen molar-refractivity contribution in [3.05, 3.63) is 30.1 Å². The number of carbonyl (C=O) groups excluding carboxylic acids is 1. The number of nitrogens with zero attached hydrogens (tertiary/aromatic N) is 1. The lowest BCUT2D eigenvalue weighted by Gasteiger charge is -2.06. The van der Waals surface area contributed by atoms with Gasteiger partial charge in [-0.1, -0.05) is 0 Å². The van der Waals surface area contributed by atoms with E-state index in [4.69, 9.17) is 5.26 Å². The molecule has 1 N–H and O–H groups in total. The highest BCUT2D eigenvalue weighted by Gasteiger charge is 2.14. The number of rotatable bonds is 6.